The maximum absolute atomic E-state index is 4.36. The molecular weight excluding hydrogens is 471 g/mol. The molecule has 0 fully saturated rings. The second-order valence-corrected chi connectivity index (χ2v) is 10.4. The van der Waals surface area contributed by atoms with Crippen LogP contribution in [0, 0.1) is 17.4 Å². The Balaban J connectivity index is 1.70. The fourth-order valence-electron chi connectivity index (χ4n) is 3.99. The van der Waals surface area contributed by atoms with Gasteiger partial charge in [-0.05, 0) is 120 Å². The van der Waals surface area contributed by atoms with Crippen LogP contribution in [0.15, 0.2) is 47.9 Å². The van der Waals surface area contributed by atoms with Gasteiger partial charge in [-0.1, -0.05) is 61.5 Å². The van der Waals surface area contributed by atoms with Gasteiger partial charge in [-0.2, -0.15) is 0 Å². The Kier molecular flexibility index (Phi) is 7.49. The average molecular weight is 503 g/mol. The zero-order chi connectivity index (χ0) is 20.3. The van der Waals surface area contributed by atoms with E-state index < -0.39 is 0 Å². The second-order valence-electron chi connectivity index (χ2n) is 8.27. The Morgan fingerprint density at radius 1 is 1.18 bits per heavy atom. The lowest BCUT2D eigenvalue weighted by Gasteiger charge is -2.15. The number of hydrogen-bond acceptors (Lipinski definition) is 1. The Bertz CT molecular complexity index is 907. The zero-order valence-corrected chi connectivity index (χ0v) is 20.5. The molecule has 0 radical (unpaired) electrons. The summed E-state index contributed by atoms with van der Waals surface area (Å²) < 4.78 is 1.35. The van der Waals surface area contributed by atoms with E-state index in [4.69, 9.17) is 0 Å². The van der Waals surface area contributed by atoms with E-state index in [1.54, 1.807) is 22.9 Å². The van der Waals surface area contributed by atoms with Crippen molar-refractivity contribution in [2.24, 2.45) is 0 Å². The molecule has 0 N–H and O–H groups in total. The van der Waals surface area contributed by atoms with Crippen molar-refractivity contribution in [2.45, 2.75) is 65.7 Å². The van der Waals surface area contributed by atoms with E-state index in [9.17, 15) is 0 Å². The molecule has 2 aromatic carbocycles. The zero-order valence-electron chi connectivity index (χ0n) is 17.6. The minimum absolute atomic E-state index is 0.666. The van der Waals surface area contributed by atoms with Crippen molar-refractivity contribution in [3.63, 3.8) is 0 Å². The van der Waals surface area contributed by atoms with Crippen LogP contribution < -0.4 is 0 Å². The summed E-state index contributed by atoms with van der Waals surface area (Å²) in [6, 6.07) is 11.6. The molecule has 0 saturated heterocycles. The van der Waals surface area contributed by atoms with Crippen molar-refractivity contribution in [1.29, 1.82) is 0 Å². The summed E-state index contributed by atoms with van der Waals surface area (Å²) in [6.07, 6.45) is 6.22. The first kappa shape index (κ1) is 21.7. The van der Waals surface area contributed by atoms with Crippen LogP contribution in [-0.4, -0.2) is 0 Å². The Hall–Kier alpha value is -1.00. The van der Waals surface area contributed by atoms with Crippen molar-refractivity contribution in [3.8, 4) is 0 Å². The van der Waals surface area contributed by atoms with Gasteiger partial charge < -0.3 is 0 Å². The van der Waals surface area contributed by atoms with Crippen molar-refractivity contribution >= 4 is 39.3 Å². The van der Waals surface area contributed by atoms with Crippen molar-refractivity contribution in [2.75, 3.05) is 0 Å². The minimum atomic E-state index is 0.666. The van der Waals surface area contributed by atoms with Crippen LogP contribution in [0.25, 0.3) is 4.91 Å². The number of allylic oxidation sites excluding steroid dienone is 1. The van der Waals surface area contributed by atoms with E-state index in [0.717, 1.165) is 11.3 Å². The summed E-state index contributed by atoms with van der Waals surface area (Å²) in [4.78, 5) is 1.15. The maximum atomic E-state index is 4.36. The van der Waals surface area contributed by atoms with Crippen molar-refractivity contribution in [3.05, 3.63) is 84.8 Å². The molecule has 0 nitrogen and oxygen atoms in total. The molecule has 0 heterocycles. The van der Waals surface area contributed by atoms with E-state index >= 15 is 0 Å². The third-order valence-corrected chi connectivity index (χ3v) is 8.02. The Morgan fingerprint density at radius 3 is 2.75 bits per heavy atom. The minimum Gasteiger partial charge on any atom is -0.0981 e. The number of rotatable bonds is 5. The highest BCUT2D eigenvalue weighted by atomic mass is 127. The van der Waals surface area contributed by atoms with Crippen LogP contribution in [0.3, 0.4) is 0 Å². The molecule has 1 unspecified atom stereocenters. The molecule has 0 aromatic heterocycles. The third-order valence-electron chi connectivity index (χ3n) is 5.82. The quantitative estimate of drug-likeness (QED) is 0.291. The first-order valence-electron chi connectivity index (χ1n) is 10.2. The van der Waals surface area contributed by atoms with Gasteiger partial charge in [0.15, 0.2) is 0 Å². The second kappa shape index (κ2) is 9.67. The lowest BCUT2D eigenvalue weighted by molar-refractivity contribution is 0.635. The van der Waals surface area contributed by atoms with Gasteiger partial charge in [0.25, 0.3) is 0 Å². The van der Waals surface area contributed by atoms with E-state index in [0.29, 0.717) is 5.92 Å². The summed E-state index contributed by atoms with van der Waals surface area (Å²) in [5, 5.41) is 2.28. The molecule has 0 spiro atoms. The largest absolute Gasteiger partial charge is 0.0981 e. The monoisotopic (exact) mass is 502 g/mol. The molecular formula is C26H31IS. The number of fused-ring (bicyclic) bond motifs is 1. The SMILES string of the molecule is C=C(S/C=C(\C)Cc1cc(C)c(I)cc1C)c1ccc2c(c1)C(C)CCCC2. The van der Waals surface area contributed by atoms with Gasteiger partial charge in [-0.3, -0.25) is 0 Å². The Morgan fingerprint density at radius 2 is 1.96 bits per heavy atom. The Labute approximate surface area is 189 Å². The van der Waals surface area contributed by atoms with E-state index in [1.165, 1.54) is 57.1 Å². The molecule has 0 amide bonds. The molecule has 0 aliphatic heterocycles. The summed E-state index contributed by atoms with van der Waals surface area (Å²) in [5.74, 6) is 0.666. The number of hydrogen-bond donors (Lipinski definition) is 0. The highest BCUT2D eigenvalue weighted by Crippen LogP contribution is 2.35. The lowest BCUT2D eigenvalue weighted by Crippen LogP contribution is -1.97. The number of thioether (sulfide) groups is 1. The molecule has 1 aliphatic carbocycles. The summed E-state index contributed by atoms with van der Waals surface area (Å²) >= 11 is 4.19. The molecule has 1 aliphatic rings. The molecule has 0 saturated carbocycles. The summed E-state index contributed by atoms with van der Waals surface area (Å²) in [6.45, 7) is 13.4. The average Bonchev–Trinajstić information content (AvgIpc) is 2.85. The van der Waals surface area contributed by atoms with Crippen LogP contribution in [0.4, 0.5) is 0 Å². The van der Waals surface area contributed by atoms with Crippen molar-refractivity contribution < 1.29 is 0 Å². The van der Waals surface area contributed by atoms with Crippen LogP contribution in [-0.2, 0) is 12.8 Å². The molecule has 148 valence electrons. The number of aryl methyl sites for hydroxylation is 3. The molecule has 2 heteroatoms. The predicted molar refractivity (Wildman–Crippen MR) is 135 cm³/mol. The number of benzene rings is 2. The van der Waals surface area contributed by atoms with Gasteiger partial charge in [0.1, 0.15) is 0 Å². The van der Waals surface area contributed by atoms with Gasteiger partial charge in [0.05, 0.1) is 0 Å². The van der Waals surface area contributed by atoms with E-state index in [2.05, 4.69) is 92.6 Å². The molecule has 0 bridgehead atoms. The van der Waals surface area contributed by atoms with E-state index in [-0.39, 0.29) is 0 Å². The highest BCUT2D eigenvalue weighted by molar-refractivity contribution is 14.1. The van der Waals surface area contributed by atoms with Crippen LogP contribution >= 0.6 is 34.4 Å². The van der Waals surface area contributed by atoms with Gasteiger partial charge in [0.2, 0.25) is 0 Å². The lowest BCUT2D eigenvalue weighted by atomic mass is 9.92. The third kappa shape index (κ3) is 5.33. The first-order chi connectivity index (χ1) is 13.3. The normalized spacial score (nSPS) is 17.2. The van der Waals surface area contributed by atoms with Gasteiger partial charge in [-0.15, -0.1) is 0 Å². The smallest absolute Gasteiger partial charge is 0.0162 e. The first-order valence-corrected chi connectivity index (χ1v) is 12.2. The van der Waals surface area contributed by atoms with Gasteiger partial charge >= 0.3 is 0 Å². The summed E-state index contributed by atoms with van der Waals surface area (Å²) in [5.41, 5.74) is 9.93. The fraction of sp³-hybridized carbons (Fsp3) is 0.385. The van der Waals surface area contributed by atoms with Crippen LogP contribution in [0.1, 0.15) is 72.4 Å². The van der Waals surface area contributed by atoms with Crippen LogP contribution in [0.5, 0.6) is 0 Å². The van der Waals surface area contributed by atoms with Crippen LogP contribution in [0.2, 0.25) is 0 Å². The fourth-order valence-corrected chi connectivity index (χ4v) is 5.30. The standard InChI is InChI=1S/C26H31IS/c1-17(12-24-13-20(4)26(27)14-19(24)3)16-28-21(5)23-11-10-22-9-7-6-8-18(2)25(22)15-23/h10-11,13-16,18H,5-9,12H2,1-4H3/b17-16+. The topological polar surface area (TPSA) is 0 Å². The molecule has 3 rings (SSSR count). The highest BCUT2D eigenvalue weighted by Gasteiger charge is 2.15. The van der Waals surface area contributed by atoms with Crippen molar-refractivity contribution in [1.82, 2.24) is 0 Å². The van der Waals surface area contributed by atoms with Gasteiger partial charge in [0, 0.05) is 8.48 Å². The van der Waals surface area contributed by atoms with Gasteiger partial charge in [-0.25, -0.2) is 0 Å². The maximum Gasteiger partial charge on any atom is 0.0162 e. The molecule has 1 atom stereocenters. The van der Waals surface area contributed by atoms with E-state index in [1.807, 2.05) is 0 Å². The summed E-state index contributed by atoms with van der Waals surface area (Å²) in [7, 11) is 0. The predicted octanol–water partition coefficient (Wildman–Crippen LogP) is 8.59. The molecule has 28 heavy (non-hydrogen) atoms. The number of halogens is 1. The molecule has 2 aromatic rings.